The Hall–Kier alpha value is -1.38. The van der Waals surface area contributed by atoms with Crippen molar-refractivity contribution < 1.29 is 5.21 Å². The highest BCUT2D eigenvalue weighted by molar-refractivity contribution is 5.92. The lowest BCUT2D eigenvalue weighted by molar-refractivity contribution is -0.188. The molecule has 2 nitrogen and oxygen atoms in total. The third-order valence-electron chi connectivity index (χ3n) is 5.16. The van der Waals surface area contributed by atoms with Crippen LogP contribution < -0.4 is 0 Å². The zero-order chi connectivity index (χ0) is 16.2. The summed E-state index contributed by atoms with van der Waals surface area (Å²) >= 11 is 0. The normalized spacial score (nSPS) is 22.0. The molecule has 0 unspecified atom stereocenters. The Bertz CT molecular complexity index is 660. The summed E-state index contributed by atoms with van der Waals surface area (Å²) in [6.45, 7) is 13.3. The van der Waals surface area contributed by atoms with E-state index in [0.29, 0.717) is 11.8 Å². The quantitative estimate of drug-likeness (QED) is 0.731. The Morgan fingerprint density at radius 3 is 1.59 bits per heavy atom. The van der Waals surface area contributed by atoms with Crippen molar-refractivity contribution in [1.29, 1.82) is 0 Å². The van der Waals surface area contributed by atoms with E-state index in [2.05, 4.69) is 65.8 Å². The highest BCUT2D eigenvalue weighted by atomic mass is 16.5. The SMILES string of the molecule is Cc1ccc2ccc(C)c3c2c1[C@H](C(C)C)N([OH2+])[C@H]3C(C)C. The molecule has 0 saturated carbocycles. The minimum Gasteiger partial charge on any atom is -0.338 e. The van der Waals surface area contributed by atoms with Crippen LogP contribution in [0.3, 0.4) is 0 Å². The van der Waals surface area contributed by atoms with E-state index < -0.39 is 0 Å². The summed E-state index contributed by atoms with van der Waals surface area (Å²) in [4.78, 5) is 0. The van der Waals surface area contributed by atoms with Crippen molar-refractivity contribution in [3.63, 3.8) is 0 Å². The van der Waals surface area contributed by atoms with Gasteiger partial charge in [0.05, 0.1) is 0 Å². The molecule has 2 heteroatoms. The Balaban J connectivity index is 2.46. The van der Waals surface area contributed by atoms with Crippen molar-refractivity contribution in [3.05, 3.63) is 46.5 Å². The average molecular weight is 298 g/mol. The first-order valence-corrected chi connectivity index (χ1v) is 8.36. The molecule has 1 heterocycles. The van der Waals surface area contributed by atoms with Crippen molar-refractivity contribution in [2.75, 3.05) is 0 Å². The maximum Gasteiger partial charge on any atom is 0.106 e. The van der Waals surface area contributed by atoms with Gasteiger partial charge < -0.3 is 5.21 Å². The van der Waals surface area contributed by atoms with E-state index in [4.69, 9.17) is 5.21 Å². The van der Waals surface area contributed by atoms with Crippen molar-refractivity contribution in [2.45, 2.75) is 53.6 Å². The largest absolute Gasteiger partial charge is 0.338 e. The molecular weight excluding hydrogens is 270 g/mol. The third-order valence-corrected chi connectivity index (χ3v) is 5.16. The lowest BCUT2D eigenvalue weighted by atomic mass is 9.77. The maximum absolute atomic E-state index is 8.87. The maximum atomic E-state index is 8.87. The summed E-state index contributed by atoms with van der Waals surface area (Å²) < 4.78 is 0. The molecule has 0 spiro atoms. The van der Waals surface area contributed by atoms with E-state index in [1.807, 2.05) is 5.06 Å². The summed E-state index contributed by atoms with van der Waals surface area (Å²) in [6, 6.07) is 9.26. The predicted octanol–water partition coefficient (Wildman–Crippen LogP) is 4.81. The Labute approximate surface area is 133 Å². The van der Waals surface area contributed by atoms with E-state index in [9.17, 15) is 0 Å². The summed E-state index contributed by atoms with van der Waals surface area (Å²) in [5.41, 5.74) is 5.38. The smallest absolute Gasteiger partial charge is 0.106 e. The van der Waals surface area contributed by atoms with Gasteiger partial charge in [-0.15, -0.1) is 0 Å². The van der Waals surface area contributed by atoms with Crippen molar-refractivity contribution in [2.24, 2.45) is 11.8 Å². The summed E-state index contributed by atoms with van der Waals surface area (Å²) in [5.74, 6) is 0.855. The first kappa shape index (κ1) is 15.5. The minimum absolute atomic E-state index is 0.172. The fraction of sp³-hybridized carbons (Fsp3) is 0.500. The number of hydroxylamine groups is 2. The van der Waals surface area contributed by atoms with Gasteiger partial charge in [-0.2, -0.15) is 0 Å². The molecule has 0 aliphatic carbocycles. The van der Waals surface area contributed by atoms with Gasteiger partial charge in [0.1, 0.15) is 12.1 Å². The van der Waals surface area contributed by atoms with Crippen molar-refractivity contribution in [1.82, 2.24) is 5.06 Å². The van der Waals surface area contributed by atoms with Gasteiger partial charge in [0, 0.05) is 0 Å². The van der Waals surface area contributed by atoms with Gasteiger partial charge in [0.15, 0.2) is 0 Å². The van der Waals surface area contributed by atoms with Crippen LogP contribution in [0.2, 0.25) is 0 Å². The molecule has 22 heavy (non-hydrogen) atoms. The van der Waals surface area contributed by atoms with Crippen LogP contribution in [0.15, 0.2) is 24.3 Å². The van der Waals surface area contributed by atoms with Crippen LogP contribution >= 0.6 is 0 Å². The molecule has 2 aromatic carbocycles. The number of aryl methyl sites for hydroxylation is 2. The van der Waals surface area contributed by atoms with Crippen LogP contribution in [0.5, 0.6) is 0 Å². The van der Waals surface area contributed by atoms with E-state index in [0.717, 1.165) is 0 Å². The van der Waals surface area contributed by atoms with Gasteiger partial charge in [0.2, 0.25) is 0 Å². The second-order valence-electron chi connectivity index (χ2n) is 7.48. The van der Waals surface area contributed by atoms with E-state index in [-0.39, 0.29) is 12.1 Å². The Morgan fingerprint density at radius 2 is 1.23 bits per heavy atom. The molecule has 0 aromatic heterocycles. The van der Waals surface area contributed by atoms with Crippen LogP contribution in [-0.2, 0) is 0 Å². The molecule has 118 valence electrons. The summed E-state index contributed by atoms with van der Waals surface area (Å²) in [6.07, 6.45) is 0. The monoisotopic (exact) mass is 298 g/mol. The number of benzene rings is 2. The molecule has 0 radical (unpaired) electrons. The van der Waals surface area contributed by atoms with Gasteiger partial charge in [-0.3, -0.25) is 0 Å². The number of hydrogen-bond donors (Lipinski definition) is 0. The topological polar surface area (TPSA) is 26.1 Å². The van der Waals surface area contributed by atoms with Crippen LogP contribution in [0, 0.1) is 25.7 Å². The van der Waals surface area contributed by atoms with Gasteiger partial charge in [-0.25, -0.2) is 0 Å². The van der Waals surface area contributed by atoms with Gasteiger partial charge >= 0.3 is 0 Å². The van der Waals surface area contributed by atoms with Crippen LogP contribution in [0.25, 0.3) is 10.8 Å². The molecule has 2 aromatic rings. The van der Waals surface area contributed by atoms with Crippen molar-refractivity contribution >= 4 is 10.8 Å². The molecular formula is C20H28NO+. The van der Waals surface area contributed by atoms with Gasteiger partial charge in [-0.05, 0) is 58.7 Å². The zero-order valence-corrected chi connectivity index (χ0v) is 14.6. The number of rotatable bonds is 2. The minimum atomic E-state index is 0.172. The second-order valence-corrected chi connectivity index (χ2v) is 7.48. The molecule has 0 bridgehead atoms. The molecule has 3 rings (SSSR count). The highest BCUT2D eigenvalue weighted by Crippen LogP contribution is 2.49. The molecule has 0 fully saturated rings. The summed E-state index contributed by atoms with van der Waals surface area (Å²) in [7, 11) is 0. The first-order valence-electron chi connectivity index (χ1n) is 8.36. The molecule has 0 saturated heterocycles. The fourth-order valence-electron chi connectivity index (χ4n) is 4.20. The van der Waals surface area contributed by atoms with E-state index in [1.165, 1.54) is 33.0 Å². The standard InChI is InChI=1S/C20H27NO/c1-11(2)19-16-13(5)7-9-15-10-8-14(6)17(18(15)16)20(12(3)4)21(19)22/h7-12,19-20,22H,1-6H3/p+1/t19-,20-/m0/s1. The van der Waals surface area contributed by atoms with Crippen LogP contribution in [0.4, 0.5) is 0 Å². The Kier molecular flexibility index (Phi) is 3.78. The van der Waals surface area contributed by atoms with Gasteiger partial charge in [0.25, 0.3) is 0 Å². The first-order chi connectivity index (χ1) is 10.3. The van der Waals surface area contributed by atoms with E-state index in [1.54, 1.807) is 0 Å². The lowest BCUT2D eigenvalue weighted by Gasteiger charge is -2.41. The van der Waals surface area contributed by atoms with Crippen LogP contribution in [-0.4, -0.2) is 10.3 Å². The van der Waals surface area contributed by atoms with Crippen LogP contribution in [0.1, 0.15) is 62.0 Å². The van der Waals surface area contributed by atoms with Gasteiger partial charge in [-0.1, -0.05) is 57.0 Å². The molecule has 2 N–H and O–H groups in total. The highest BCUT2D eigenvalue weighted by Gasteiger charge is 2.42. The summed E-state index contributed by atoms with van der Waals surface area (Å²) in [5, 5.41) is 13.5. The number of nitrogens with zero attached hydrogens (tertiary/aromatic N) is 1. The predicted molar refractivity (Wildman–Crippen MR) is 94.0 cm³/mol. The molecule has 2 atom stereocenters. The molecule has 1 aliphatic heterocycles. The number of hydrogen-bond acceptors (Lipinski definition) is 1. The average Bonchev–Trinajstić information content (AvgIpc) is 2.44. The lowest BCUT2D eigenvalue weighted by Crippen LogP contribution is -2.39. The fourth-order valence-corrected chi connectivity index (χ4v) is 4.20. The Morgan fingerprint density at radius 1 is 0.818 bits per heavy atom. The van der Waals surface area contributed by atoms with Crippen molar-refractivity contribution in [3.8, 4) is 0 Å². The third kappa shape index (κ3) is 2.09. The van der Waals surface area contributed by atoms with E-state index >= 15 is 0 Å². The molecule has 1 aliphatic rings. The zero-order valence-electron chi connectivity index (χ0n) is 14.6. The molecule has 0 amide bonds. The second kappa shape index (κ2) is 5.36.